The number of hydrogen-bond donors (Lipinski definition) is 3. The van der Waals surface area contributed by atoms with Crippen molar-refractivity contribution in [1.29, 1.82) is 0 Å². The topological polar surface area (TPSA) is 95.9 Å². The molecule has 376 valence electrons. The molecule has 0 spiro atoms. The average molecular weight is 908 g/mol. The molecule has 0 rings (SSSR count). The molecule has 0 aliphatic rings. The molecular weight excluding hydrogens is 803 g/mol. The van der Waals surface area contributed by atoms with Crippen molar-refractivity contribution in [2.45, 2.75) is 283 Å². The fraction of sp³-hybridized carbons (Fsp3) is 0.763. The molecule has 0 aromatic heterocycles. The second-order valence-electron chi connectivity index (χ2n) is 18.7. The molecule has 6 heteroatoms. The Kier molecular flexibility index (Phi) is 50.1. The molecule has 0 bridgehead atoms. The van der Waals surface area contributed by atoms with Gasteiger partial charge in [0, 0.05) is 6.42 Å². The van der Waals surface area contributed by atoms with Gasteiger partial charge in [-0.3, -0.25) is 9.59 Å². The van der Waals surface area contributed by atoms with E-state index < -0.39 is 18.2 Å². The summed E-state index contributed by atoms with van der Waals surface area (Å²) in [6.07, 6.45) is 66.7. The lowest BCUT2D eigenvalue weighted by atomic mass is 10.0. The van der Waals surface area contributed by atoms with Gasteiger partial charge in [0.2, 0.25) is 5.91 Å². The van der Waals surface area contributed by atoms with Crippen LogP contribution >= 0.6 is 0 Å². The van der Waals surface area contributed by atoms with Crippen molar-refractivity contribution in [1.82, 2.24) is 5.32 Å². The smallest absolute Gasteiger partial charge is 0.306 e. The minimum Gasteiger partial charge on any atom is -0.462 e. The van der Waals surface area contributed by atoms with Crippen molar-refractivity contribution < 1.29 is 24.5 Å². The summed E-state index contributed by atoms with van der Waals surface area (Å²) in [6, 6.07) is -0.718. The van der Waals surface area contributed by atoms with Gasteiger partial charge in [-0.05, 0) is 96.3 Å². The SMILES string of the molecule is CCCCC/C=C\C/C=C\C/C=C\C/C=C\CCCCCC(=O)OC(CCCCCC/C=C/C=C/CCCCC)CC(=O)NC(CO)C(O)CCCCCCCCCCCCCCCC. The van der Waals surface area contributed by atoms with E-state index in [1.807, 2.05) is 0 Å². The van der Waals surface area contributed by atoms with Crippen molar-refractivity contribution in [3.05, 3.63) is 72.9 Å². The summed E-state index contributed by atoms with van der Waals surface area (Å²) in [5.41, 5.74) is 0. The van der Waals surface area contributed by atoms with Crippen LogP contribution in [0.25, 0.3) is 0 Å². The maximum Gasteiger partial charge on any atom is 0.306 e. The van der Waals surface area contributed by atoms with Crippen LogP contribution in [0.2, 0.25) is 0 Å². The van der Waals surface area contributed by atoms with Gasteiger partial charge in [0.15, 0.2) is 0 Å². The minimum absolute atomic E-state index is 0.0488. The number of aliphatic hydroxyl groups is 2. The Labute approximate surface area is 402 Å². The molecule has 3 atom stereocenters. The molecule has 0 radical (unpaired) electrons. The zero-order valence-corrected chi connectivity index (χ0v) is 42.9. The molecule has 0 aliphatic carbocycles. The number of allylic oxidation sites excluding steroid dienone is 12. The predicted molar refractivity (Wildman–Crippen MR) is 282 cm³/mol. The third-order valence-electron chi connectivity index (χ3n) is 12.3. The van der Waals surface area contributed by atoms with Crippen molar-refractivity contribution in [3.8, 4) is 0 Å². The second kappa shape index (κ2) is 52.3. The number of carbonyl (C=O) groups is 2. The van der Waals surface area contributed by atoms with Gasteiger partial charge in [-0.2, -0.15) is 0 Å². The molecule has 0 aromatic rings. The lowest BCUT2D eigenvalue weighted by molar-refractivity contribution is -0.151. The third-order valence-corrected chi connectivity index (χ3v) is 12.3. The Bertz CT molecular complexity index is 1200. The van der Waals surface area contributed by atoms with Gasteiger partial charge >= 0.3 is 5.97 Å². The summed E-state index contributed by atoms with van der Waals surface area (Å²) in [5, 5.41) is 23.8. The van der Waals surface area contributed by atoms with Crippen LogP contribution in [0, 0.1) is 0 Å². The van der Waals surface area contributed by atoms with Crippen LogP contribution < -0.4 is 5.32 Å². The van der Waals surface area contributed by atoms with Gasteiger partial charge in [-0.25, -0.2) is 0 Å². The maximum atomic E-state index is 13.2. The fourth-order valence-corrected chi connectivity index (χ4v) is 8.05. The quantitative estimate of drug-likeness (QED) is 0.0245. The highest BCUT2D eigenvalue weighted by Crippen LogP contribution is 2.17. The Balaban J connectivity index is 4.63. The van der Waals surface area contributed by atoms with E-state index in [1.54, 1.807) is 0 Å². The number of nitrogens with one attached hydrogen (secondary N) is 1. The zero-order chi connectivity index (χ0) is 47.4. The van der Waals surface area contributed by atoms with Gasteiger partial charge in [0.25, 0.3) is 0 Å². The number of amides is 1. The second-order valence-corrected chi connectivity index (χ2v) is 18.7. The summed E-state index contributed by atoms with van der Waals surface area (Å²) < 4.78 is 5.92. The number of carbonyl (C=O) groups excluding carboxylic acids is 2. The fourth-order valence-electron chi connectivity index (χ4n) is 8.05. The molecule has 0 saturated heterocycles. The van der Waals surface area contributed by atoms with Crippen molar-refractivity contribution in [2.24, 2.45) is 0 Å². The average Bonchev–Trinajstić information content (AvgIpc) is 3.30. The van der Waals surface area contributed by atoms with E-state index >= 15 is 0 Å². The first-order valence-electron chi connectivity index (χ1n) is 27.7. The number of aliphatic hydroxyl groups excluding tert-OH is 2. The lowest BCUT2D eigenvalue weighted by Crippen LogP contribution is -2.46. The van der Waals surface area contributed by atoms with Crippen LogP contribution in [0.4, 0.5) is 0 Å². The number of hydrogen-bond acceptors (Lipinski definition) is 5. The number of ether oxygens (including phenoxy) is 1. The summed E-state index contributed by atoms with van der Waals surface area (Å²) >= 11 is 0. The van der Waals surface area contributed by atoms with E-state index in [0.29, 0.717) is 19.3 Å². The van der Waals surface area contributed by atoms with E-state index in [2.05, 4.69) is 99.0 Å². The summed E-state index contributed by atoms with van der Waals surface area (Å²) in [6.45, 7) is 6.42. The largest absolute Gasteiger partial charge is 0.462 e. The monoisotopic (exact) mass is 908 g/mol. The molecule has 6 nitrogen and oxygen atoms in total. The molecule has 3 unspecified atom stereocenters. The standard InChI is InChI=1S/C59H105NO5/c1-4-7-10-13-16-19-22-25-27-28-29-30-31-34-37-40-43-46-49-52-59(64)65-55(50-47-44-41-38-35-32-24-21-18-15-12-9-6-3)53-58(63)60-56(54-61)57(62)51-48-45-42-39-36-33-26-23-20-17-14-11-8-5-2/h16,18-19,21,24-25,27,29-30,32,34,37,55-57,61-62H,4-15,17,20,22-23,26,28,31,33,35-36,38-54H2,1-3H3,(H,60,63)/b19-16-,21-18+,27-25-,30-29-,32-24+,37-34-. The number of rotatable bonds is 49. The van der Waals surface area contributed by atoms with E-state index in [1.165, 1.54) is 116 Å². The summed E-state index contributed by atoms with van der Waals surface area (Å²) in [5.74, 6) is -0.529. The van der Waals surface area contributed by atoms with Gasteiger partial charge in [0.1, 0.15) is 6.10 Å². The van der Waals surface area contributed by atoms with Crippen LogP contribution in [0.5, 0.6) is 0 Å². The van der Waals surface area contributed by atoms with E-state index in [0.717, 1.165) is 103 Å². The molecule has 0 aromatic carbocycles. The molecule has 0 aliphatic heterocycles. The summed E-state index contributed by atoms with van der Waals surface area (Å²) in [7, 11) is 0. The van der Waals surface area contributed by atoms with Crippen molar-refractivity contribution in [3.63, 3.8) is 0 Å². The highest BCUT2D eigenvalue weighted by molar-refractivity contribution is 5.77. The molecular formula is C59H105NO5. The normalized spacial score (nSPS) is 13.7. The Morgan fingerprint density at radius 1 is 0.462 bits per heavy atom. The highest BCUT2D eigenvalue weighted by atomic mass is 16.5. The van der Waals surface area contributed by atoms with Gasteiger partial charge < -0.3 is 20.3 Å². The van der Waals surface area contributed by atoms with E-state index in [-0.39, 0.29) is 24.9 Å². The van der Waals surface area contributed by atoms with Crippen LogP contribution in [0.3, 0.4) is 0 Å². The first-order valence-corrected chi connectivity index (χ1v) is 27.7. The predicted octanol–water partition coefficient (Wildman–Crippen LogP) is 17.0. The van der Waals surface area contributed by atoms with Gasteiger partial charge in [-0.15, -0.1) is 0 Å². The van der Waals surface area contributed by atoms with Crippen molar-refractivity contribution >= 4 is 11.9 Å². The maximum absolute atomic E-state index is 13.2. The molecule has 0 fully saturated rings. The first kappa shape index (κ1) is 62.3. The van der Waals surface area contributed by atoms with Crippen LogP contribution in [-0.4, -0.2) is 46.9 Å². The van der Waals surface area contributed by atoms with Crippen LogP contribution in [0.1, 0.15) is 265 Å². The van der Waals surface area contributed by atoms with Gasteiger partial charge in [-0.1, -0.05) is 229 Å². The molecule has 1 amide bonds. The Morgan fingerprint density at radius 3 is 1.31 bits per heavy atom. The van der Waals surface area contributed by atoms with Crippen LogP contribution in [-0.2, 0) is 14.3 Å². The third kappa shape index (κ3) is 47.6. The molecule has 0 saturated carbocycles. The zero-order valence-electron chi connectivity index (χ0n) is 42.9. The van der Waals surface area contributed by atoms with E-state index in [9.17, 15) is 19.8 Å². The highest BCUT2D eigenvalue weighted by Gasteiger charge is 2.24. The lowest BCUT2D eigenvalue weighted by Gasteiger charge is -2.24. The number of unbranched alkanes of at least 4 members (excludes halogenated alkanes) is 26. The first-order chi connectivity index (χ1) is 32.0. The van der Waals surface area contributed by atoms with Crippen molar-refractivity contribution in [2.75, 3.05) is 6.61 Å². The minimum atomic E-state index is -0.802. The number of esters is 1. The Morgan fingerprint density at radius 2 is 0.831 bits per heavy atom. The van der Waals surface area contributed by atoms with Gasteiger partial charge in [0.05, 0.1) is 25.2 Å². The molecule has 3 N–H and O–H groups in total. The van der Waals surface area contributed by atoms with E-state index in [4.69, 9.17) is 4.74 Å². The Hall–Kier alpha value is -2.70. The molecule has 0 heterocycles. The van der Waals surface area contributed by atoms with Crippen LogP contribution in [0.15, 0.2) is 72.9 Å². The molecule has 65 heavy (non-hydrogen) atoms. The summed E-state index contributed by atoms with van der Waals surface area (Å²) in [4.78, 5) is 26.2.